The molecule has 0 saturated carbocycles. The number of nitrogens with one attached hydrogen (secondary N) is 2. The minimum absolute atomic E-state index is 0.000403. The van der Waals surface area contributed by atoms with Crippen molar-refractivity contribution in [2.24, 2.45) is 0 Å². The van der Waals surface area contributed by atoms with Crippen LogP contribution in [-0.2, 0) is 10.0 Å². The number of ether oxygens (including phenoxy) is 1. The first-order valence-corrected chi connectivity index (χ1v) is 11.3. The van der Waals surface area contributed by atoms with E-state index < -0.39 is 15.9 Å². The Morgan fingerprint density at radius 3 is 2.57 bits per heavy atom. The van der Waals surface area contributed by atoms with Gasteiger partial charge in [-0.1, -0.05) is 47.2 Å². The van der Waals surface area contributed by atoms with Crippen molar-refractivity contribution in [3.05, 3.63) is 70.7 Å². The number of hydrogen-bond acceptors (Lipinski definition) is 7. The number of carbonyl (C=O) groups is 1. The van der Waals surface area contributed by atoms with E-state index in [-0.39, 0.29) is 20.1 Å². The van der Waals surface area contributed by atoms with E-state index >= 15 is 0 Å². The summed E-state index contributed by atoms with van der Waals surface area (Å²) in [7, 11) is -3.99. The number of halogens is 2. The topological polar surface area (TPSA) is 110 Å². The van der Waals surface area contributed by atoms with Crippen LogP contribution in [0, 0.1) is 0 Å². The number of amides is 1. The smallest absolute Gasteiger partial charge is 0.291 e. The fourth-order valence-electron chi connectivity index (χ4n) is 2.18. The molecule has 3 rings (SSSR count). The highest BCUT2D eigenvalue weighted by Gasteiger charge is 2.22. The van der Waals surface area contributed by atoms with E-state index in [0.717, 1.165) is 0 Å². The fourth-order valence-corrected chi connectivity index (χ4v) is 4.63. The molecule has 0 atom stereocenters. The van der Waals surface area contributed by atoms with Crippen molar-refractivity contribution in [2.75, 3.05) is 16.6 Å². The van der Waals surface area contributed by atoms with Crippen LogP contribution in [-0.4, -0.2) is 31.1 Å². The van der Waals surface area contributed by atoms with Gasteiger partial charge in [0.15, 0.2) is 0 Å². The Labute approximate surface area is 186 Å². The highest BCUT2D eigenvalue weighted by atomic mass is 35.5. The Balaban J connectivity index is 1.69. The second-order valence-corrected chi connectivity index (χ2v) is 9.36. The van der Waals surface area contributed by atoms with Gasteiger partial charge in [0, 0.05) is 10.7 Å². The van der Waals surface area contributed by atoms with Crippen LogP contribution in [0.3, 0.4) is 0 Å². The van der Waals surface area contributed by atoms with E-state index in [9.17, 15) is 13.2 Å². The van der Waals surface area contributed by atoms with Crippen LogP contribution in [0.25, 0.3) is 0 Å². The van der Waals surface area contributed by atoms with E-state index in [1.807, 2.05) is 0 Å². The lowest BCUT2D eigenvalue weighted by molar-refractivity contribution is 0.102. The average Bonchev–Trinajstić information content (AvgIpc) is 3.16. The molecule has 0 fully saturated rings. The molecule has 0 radical (unpaired) electrons. The fraction of sp³-hybridized carbons (Fsp3) is 0.0556. The van der Waals surface area contributed by atoms with Gasteiger partial charge in [-0.15, -0.1) is 10.2 Å². The van der Waals surface area contributed by atoms with E-state index in [4.69, 9.17) is 27.9 Å². The molecule has 0 aliphatic rings. The standard InChI is InChI=1S/C18H14Cl2N4O4S2/c1-2-9-28-13-6-4-12(5-7-13)24-30(26,27)18-23-22-17(29-18)21-16(25)14-8-3-11(19)10-15(14)20/h2-8,10,24H,1,9H2,(H,21,22,25). The molecule has 0 unspecified atom stereocenters. The first-order valence-electron chi connectivity index (χ1n) is 8.25. The molecule has 156 valence electrons. The van der Waals surface area contributed by atoms with Crippen LogP contribution in [0.2, 0.25) is 10.0 Å². The van der Waals surface area contributed by atoms with Crippen LogP contribution >= 0.6 is 34.5 Å². The minimum Gasteiger partial charge on any atom is -0.490 e. The number of carbonyl (C=O) groups excluding carboxylic acids is 1. The zero-order valence-corrected chi connectivity index (χ0v) is 18.3. The number of aromatic nitrogens is 2. The van der Waals surface area contributed by atoms with Gasteiger partial charge in [-0.25, -0.2) is 0 Å². The van der Waals surface area contributed by atoms with Gasteiger partial charge in [0.05, 0.1) is 10.6 Å². The summed E-state index contributed by atoms with van der Waals surface area (Å²) >= 11 is 12.5. The van der Waals surface area contributed by atoms with Crippen molar-refractivity contribution in [3.63, 3.8) is 0 Å². The zero-order chi connectivity index (χ0) is 21.7. The van der Waals surface area contributed by atoms with Crippen molar-refractivity contribution in [2.45, 2.75) is 4.34 Å². The molecule has 2 aromatic carbocycles. The summed E-state index contributed by atoms with van der Waals surface area (Å²) in [5.41, 5.74) is 0.479. The molecule has 8 nitrogen and oxygen atoms in total. The molecule has 12 heteroatoms. The second kappa shape index (κ2) is 9.43. The van der Waals surface area contributed by atoms with E-state index in [0.29, 0.717) is 34.4 Å². The third kappa shape index (κ3) is 5.48. The number of anilines is 2. The van der Waals surface area contributed by atoms with Crippen LogP contribution in [0.15, 0.2) is 59.5 Å². The Morgan fingerprint density at radius 1 is 1.17 bits per heavy atom. The van der Waals surface area contributed by atoms with Crippen LogP contribution in [0.1, 0.15) is 10.4 Å². The first-order chi connectivity index (χ1) is 14.3. The molecule has 1 heterocycles. The highest BCUT2D eigenvalue weighted by Crippen LogP contribution is 2.26. The SMILES string of the molecule is C=CCOc1ccc(NS(=O)(=O)c2nnc(NC(=O)c3ccc(Cl)cc3Cl)s2)cc1. The minimum atomic E-state index is -3.99. The lowest BCUT2D eigenvalue weighted by Gasteiger charge is -2.07. The quantitative estimate of drug-likeness (QED) is 0.360. The number of sulfonamides is 1. The van der Waals surface area contributed by atoms with Crippen LogP contribution in [0.4, 0.5) is 10.8 Å². The normalized spacial score (nSPS) is 11.0. The maximum Gasteiger partial charge on any atom is 0.291 e. The summed E-state index contributed by atoms with van der Waals surface area (Å²) in [6, 6.07) is 10.7. The predicted molar refractivity (Wildman–Crippen MR) is 117 cm³/mol. The lowest BCUT2D eigenvalue weighted by atomic mass is 10.2. The molecule has 1 amide bonds. The molecular formula is C18H14Cl2N4O4S2. The van der Waals surface area contributed by atoms with Gasteiger partial charge in [0.25, 0.3) is 20.3 Å². The van der Waals surface area contributed by atoms with E-state index in [1.165, 1.54) is 18.2 Å². The molecule has 0 spiro atoms. The monoisotopic (exact) mass is 484 g/mol. The summed E-state index contributed by atoms with van der Waals surface area (Å²) in [5, 5.41) is 10.3. The molecular weight excluding hydrogens is 471 g/mol. The third-order valence-electron chi connectivity index (χ3n) is 3.51. The van der Waals surface area contributed by atoms with Gasteiger partial charge in [0.2, 0.25) is 5.13 Å². The number of rotatable bonds is 8. The number of hydrogen-bond donors (Lipinski definition) is 2. The van der Waals surface area contributed by atoms with Crippen molar-refractivity contribution in [3.8, 4) is 5.75 Å². The molecule has 0 saturated heterocycles. The molecule has 2 N–H and O–H groups in total. The number of benzene rings is 2. The van der Waals surface area contributed by atoms with E-state index in [2.05, 4.69) is 26.8 Å². The molecule has 0 aliphatic heterocycles. The molecule has 0 aliphatic carbocycles. The third-order valence-corrected chi connectivity index (χ3v) is 6.64. The van der Waals surface area contributed by atoms with Crippen molar-refractivity contribution < 1.29 is 17.9 Å². The molecule has 3 aromatic rings. The predicted octanol–water partition coefficient (Wildman–Crippen LogP) is 4.46. The lowest BCUT2D eigenvalue weighted by Crippen LogP contribution is -2.12. The Kier molecular flexibility index (Phi) is 6.93. The largest absolute Gasteiger partial charge is 0.490 e. The Morgan fingerprint density at radius 2 is 1.90 bits per heavy atom. The second-order valence-electron chi connectivity index (χ2n) is 5.68. The Bertz CT molecular complexity index is 1180. The van der Waals surface area contributed by atoms with Gasteiger partial charge in [-0.3, -0.25) is 14.8 Å². The molecule has 1 aromatic heterocycles. The average molecular weight is 485 g/mol. The first kappa shape index (κ1) is 22.0. The Hall–Kier alpha value is -2.66. The highest BCUT2D eigenvalue weighted by molar-refractivity contribution is 7.94. The van der Waals surface area contributed by atoms with Crippen molar-refractivity contribution in [1.29, 1.82) is 0 Å². The molecule has 0 bridgehead atoms. The van der Waals surface area contributed by atoms with Gasteiger partial charge < -0.3 is 4.74 Å². The molecule has 30 heavy (non-hydrogen) atoms. The maximum absolute atomic E-state index is 12.5. The van der Waals surface area contributed by atoms with Crippen molar-refractivity contribution >= 4 is 61.3 Å². The summed E-state index contributed by atoms with van der Waals surface area (Å²) in [5.74, 6) is -0.000501. The van der Waals surface area contributed by atoms with Gasteiger partial charge in [0.1, 0.15) is 12.4 Å². The summed E-state index contributed by atoms with van der Waals surface area (Å²) in [6.07, 6.45) is 1.60. The number of nitrogens with zero attached hydrogens (tertiary/aromatic N) is 2. The summed E-state index contributed by atoms with van der Waals surface area (Å²) < 4.78 is 32.5. The zero-order valence-electron chi connectivity index (χ0n) is 15.1. The van der Waals surface area contributed by atoms with E-state index in [1.54, 1.807) is 30.3 Å². The van der Waals surface area contributed by atoms with Gasteiger partial charge in [-0.2, -0.15) is 8.42 Å². The van der Waals surface area contributed by atoms with Gasteiger partial charge in [-0.05, 0) is 42.5 Å². The van der Waals surface area contributed by atoms with Gasteiger partial charge >= 0.3 is 0 Å². The van der Waals surface area contributed by atoms with Crippen LogP contribution < -0.4 is 14.8 Å². The summed E-state index contributed by atoms with van der Waals surface area (Å²) in [4.78, 5) is 12.3. The maximum atomic E-state index is 12.5. The van der Waals surface area contributed by atoms with Crippen LogP contribution in [0.5, 0.6) is 5.75 Å². The van der Waals surface area contributed by atoms with Crippen molar-refractivity contribution in [1.82, 2.24) is 10.2 Å². The summed E-state index contributed by atoms with van der Waals surface area (Å²) in [6.45, 7) is 3.89.